The van der Waals surface area contributed by atoms with Crippen molar-refractivity contribution < 1.29 is 37.7 Å². The van der Waals surface area contributed by atoms with Gasteiger partial charge in [0.15, 0.2) is 0 Å². The SMILES string of the molecule is O=C(N[C@H]1c2ccccc2OC[C@H]1O)[C@H](Cc1ccccc1)C[C@H](O)CN1CCN(Cc2cn(-c3ccccc3)nn2)C[C@H]1C(=O)NCC(F)(F)F. The molecule has 1 saturated heterocycles. The van der Waals surface area contributed by atoms with Crippen molar-refractivity contribution in [2.24, 2.45) is 5.92 Å². The minimum Gasteiger partial charge on any atom is -0.490 e. The van der Waals surface area contributed by atoms with Gasteiger partial charge in [0.25, 0.3) is 0 Å². The number of aromatic nitrogens is 3. The zero-order valence-corrected chi connectivity index (χ0v) is 28.4. The summed E-state index contributed by atoms with van der Waals surface area (Å²) >= 11 is 0. The molecule has 1 fully saturated rings. The zero-order chi connectivity index (χ0) is 36.7. The Morgan fingerprint density at radius 3 is 2.44 bits per heavy atom. The number of hydrogen-bond donors (Lipinski definition) is 4. The van der Waals surface area contributed by atoms with E-state index in [0.29, 0.717) is 30.1 Å². The average Bonchev–Trinajstić information content (AvgIpc) is 3.61. The fourth-order valence-electron chi connectivity index (χ4n) is 6.75. The van der Waals surface area contributed by atoms with Gasteiger partial charge < -0.3 is 25.6 Å². The third kappa shape index (κ3) is 9.73. The first-order chi connectivity index (χ1) is 25.0. The van der Waals surface area contributed by atoms with E-state index in [-0.39, 0.29) is 45.0 Å². The lowest BCUT2D eigenvalue weighted by Crippen LogP contribution is -2.60. The van der Waals surface area contributed by atoms with Crippen molar-refractivity contribution in [1.82, 2.24) is 35.4 Å². The van der Waals surface area contributed by atoms with Gasteiger partial charge in [-0.25, -0.2) is 4.68 Å². The Balaban J connectivity index is 1.15. The van der Waals surface area contributed by atoms with Crippen LogP contribution in [0.15, 0.2) is 91.1 Å². The van der Waals surface area contributed by atoms with Crippen LogP contribution in [0.4, 0.5) is 13.2 Å². The molecule has 2 aliphatic heterocycles. The molecule has 4 N–H and O–H groups in total. The van der Waals surface area contributed by atoms with Gasteiger partial charge in [-0.1, -0.05) is 71.9 Å². The maximum absolute atomic E-state index is 13.9. The van der Waals surface area contributed by atoms with E-state index in [1.165, 1.54) is 0 Å². The van der Waals surface area contributed by atoms with E-state index >= 15 is 0 Å². The number of aliphatic hydroxyl groups is 2. The zero-order valence-electron chi connectivity index (χ0n) is 28.4. The van der Waals surface area contributed by atoms with Gasteiger partial charge in [0.05, 0.1) is 29.7 Å². The molecule has 2 aliphatic rings. The second kappa shape index (κ2) is 16.7. The molecule has 15 heteroatoms. The summed E-state index contributed by atoms with van der Waals surface area (Å²) in [6.45, 7) is -0.412. The number of nitrogens with zero attached hydrogens (tertiary/aromatic N) is 5. The van der Waals surface area contributed by atoms with Gasteiger partial charge in [0, 0.05) is 44.2 Å². The summed E-state index contributed by atoms with van der Waals surface area (Å²) in [6.07, 6.45) is -4.64. The van der Waals surface area contributed by atoms with E-state index in [2.05, 4.69) is 15.6 Å². The van der Waals surface area contributed by atoms with Gasteiger partial charge in [-0.05, 0) is 36.6 Å². The van der Waals surface area contributed by atoms with E-state index in [9.17, 15) is 33.0 Å². The average molecular weight is 722 g/mol. The molecule has 3 heterocycles. The second-order valence-electron chi connectivity index (χ2n) is 13.2. The minimum absolute atomic E-state index is 0.00137. The predicted octanol–water partition coefficient (Wildman–Crippen LogP) is 2.65. The number of benzene rings is 3. The van der Waals surface area contributed by atoms with Crippen LogP contribution in [0.3, 0.4) is 0 Å². The summed E-state index contributed by atoms with van der Waals surface area (Å²) in [7, 11) is 0. The molecule has 5 atom stereocenters. The summed E-state index contributed by atoms with van der Waals surface area (Å²) in [5, 5.41) is 35.6. The van der Waals surface area contributed by atoms with Crippen LogP contribution in [-0.2, 0) is 22.6 Å². The van der Waals surface area contributed by atoms with Crippen molar-refractivity contribution in [2.75, 3.05) is 39.3 Å². The number of halogens is 3. The van der Waals surface area contributed by atoms with Gasteiger partial charge in [0.2, 0.25) is 11.8 Å². The first-order valence-corrected chi connectivity index (χ1v) is 17.2. The molecule has 276 valence electrons. The number of rotatable bonds is 13. The summed E-state index contributed by atoms with van der Waals surface area (Å²) in [5.41, 5.74) is 2.95. The normalized spacial score (nSPS) is 20.7. The Morgan fingerprint density at radius 1 is 0.981 bits per heavy atom. The largest absolute Gasteiger partial charge is 0.490 e. The van der Waals surface area contributed by atoms with Crippen LogP contribution in [0.1, 0.15) is 29.3 Å². The highest BCUT2D eigenvalue weighted by molar-refractivity contribution is 5.82. The van der Waals surface area contributed by atoms with Crippen LogP contribution < -0.4 is 15.4 Å². The maximum Gasteiger partial charge on any atom is 0.405 e. The quantitative estimate of drug-likeness (QED) is 0.164. The van der Waals surface area contributed by atoms with E-state index in [0.717, 1.165) is 11.3 Å². The van der Waals surface area contributed by atoms with Crippen LogP contribution in [-0.4, -0.2) is 111 Å². The Morgan fingerprint density at radius 2 is 1.69 bits per heavy atom. The molecule has 12 nitrogen and oxygen atoms in total. The van der Waals surface area contributed by atoms with E-state index in [1.54, 1.807) is 40.0 Å². The fourth-order valence-corrected chi connectivity index (χ4v) is 6.75. The number of β-amino-alcohol motifs (C(OH)–C–C–N with tert-alkyl or cyclic N) is 1. The Kier molecular flexibility index (Phi) is 11.8. The molecule has 52 heavy (non-hydrogen) atoms. The Hall–Kier alpha value is -4.83. The lowest BCUT2D eigenvalue weighted by atomic mass is 9.90. The second-order valence-corrected chi connectivity index (χ2v) is 13.2. The molecule has 0 bridgehead atoms. The van der Waals surface area contributed by atoms with Crippen molar-refractivity contribution >= 4 is 11.8 Å². The molecular formula is C37H42F3N7O5. The number of carbonyl (C=O) groups is 2. The smallest absolute Gasteiger partial charge is 0.405 e. The van der Waals surface area contributed by atoms with E-state index in [4.69, 9.17) is 4.74 Å². The van der Waals surface area contributed by atoms with Crippen LogP contribution >= 0.6 is 0 Å². The summed E-state index contributed by atoms with van der Waals surface area (Å²) < 4.78 is 46.6. The summed E-state index contributed by atoms with van der Waals surface area (Å²) in [5.74, 6) is -1.36. The topological polar surface area (TPSA) is 145 Å². The molecule has 0 radical (unpaired) electrons. The van der Waals surface area contributed by atoms with Gasteiger partial charge >= 0.3 is 6.18 Å². The van der Waals surface area contributed by atoms with Gasteiger partial charge in [-0.15, -0.1) is 5.10 Å². The summed E-state index contributed by atoms with van der Waals surface area (Å²) in [6, 6.07) is 24.1. The standard InChI is InChI=1S/C37H42F3N7O5/c38-37(39,40)24-41-36(51)31-22-45(19-27-20-47(44-43-27)28-11-5-2-6-12-28)15-16-46(31)21-29(48)18-26(17-25-9-3-1-4-10-25)35(50)42-34-30-13-7-8-14-33(30)52-23-32(34)49/h1-14,20,26,29,31-32,34,48-49H,15-19,21-24H2,(H,41,51)(H,42,50)/t26-,29+,31+,32-,34+/m1/s1. The predicted molar refractivity (Wildman–Crippen MR) is 184 cm³/mol. The molecule has 4 aromatic rings. The van der Waals surface area contributed by atoms with Gasteiger partial charge in [-0.3, -0.25) is 19.4 Å². The monoisotopic (exact) mass is 721 g/mol. The van der Waals surface area contributed by atoms with Crippen molar-refractivity contribution in [3.05, 3.63) is 108 Å². The minimum atomic E-state index is -4.60. The highest BCUT2D eigenvalue weighted by Crippen LogP contribution is 2.32. The lowest BCUT2D eigenvalue weighted by molar-refractivity contribution is -0.143. The fraction of sp³-hybridized carbons (Fsp3) is 0.405. The molecule has 6 rings (SSSR count). The number of alkyl halides is 3. The third-order valence-corrected chi connectivity index (χ3v) is 9.33. The highest BCUT2D eigenvalue weighted by atomic mass is 19.4. The number of nitrogens with one attached hydrogen (secondary N) is 2. The van der Waals surface area contributed by atoms with Crippen molar-refractivity contribution in [3.8, 4) is 11.4 Å². The molecule has 2 amide bonds. The molecule has 0 saturated carbocycles. The van der Waals surface area contributed by atoms with E-state index < -0.39 is 48.8 Å². The first kappa shape index (κ1) is 36.9. The number of para-hydroxylation sites is 2. The number of ether oxygens (including phenoxy) is 1. The van der Waals surface area contributed by atoms with Crippen molar-refractivity contribution in [2.45, 2.75) is 49.9 Å². The number of carbonyl (C=O) groups excluding carboxylic acids is 2. The molecular weight excluding hydrogens is 679 g/mol. The lowest BCUT2D eigenvalue weighted by Gasteiger charge is -2.41. The first-order valence-electron chi connectivity index (χ1n) is 17.2. The number of amides is 2. The van der Waals surface area contributed by atoms with Crippen molar-refractivity contribution in [3.63, 3.8) is 0 Å². The highest BCUT2D eigenvalue weighted by Gasteiger charge is 2.38. The van der Waals surface area contributed by atoms with Crippen LogP contribution in [0, 0.1) is 5.92 Å². The number of fused-ring (bicyclic) bond motifs is 1. The molecule has 0 aliphatic carbocycles. The van der Waals surface area contributed by atoms with Gasteiger partial charge in [0.1, 0.15) is 31.0 Å². The Bertz CT molecular complexity index is 1780. The molecule has 3 aromatic carbocycles. The van der Waals surface area contributed by atoms with Crippen LogP contribution in [0.5, 0.6) is 5.75 Å². The van der Waals surface area contributed by atoms with Crippen molar-refractivity contribution in [1.29, 1.82) is 0 Å². The maximum atomic E-state index is 13.9. The molecule has 0 unspecified atom stereocenters. The van der Waals surface area contributed by atoms with E-state index in [1.807, 2.05) is 70.9 Å². The van der Waals surface area contributed by atoms with Crippen LogP contribution in [0.2, 0.25) is 0 Å². The number of aliphatic hydroxyl groups excluding tert-OH is 2. The molecule has 0 spiro atoms. The number of hydrogen-bond acceptors (Lipinski definition) is 9. The van der Waals surface area contributed by atoms with Crippen LogP contribution in [0.25, 0.3) is 5.69 Å². The number of piperazine rings is 1. The third-order valence-electron chi connectivity index (χ3n) is 9.33. The van der Waals surface area contributed by atoms with Gasteiger partial charge in [-0.2, -0.15) is 13.2 Å². The molecule has 1 aromatic heterocycles. The summed E-state index contributed by atoms with van der Waals surface area (Å²) in [4.78, 5) is 30.7. The Labute approximate surface area is 299 Å².